The number of nitrogens with one attached hydrogen (secondary N) is 1. The number of halogens is 3. The fourth-order valence-corrected chi connectivity index (χ4v) is 3.37. The second kappa shape index (κ2) is 5.37. The summed E-state index contributed by atoms with van der Waals surface area (Å²) in [5, 5.41) is 2.38. The van der Waals surface area contributed by atoms with E-state index in [2.05, 4.69) is 5.32 Å². The molecular formula is C17H19F3N2O3. The van der Waals surface area contributed by atoms with Gasteiger partial charge in [0.1, 0.15) is 5.60 Å². The van der Waals surface area contributed by atoms with Crippen LogP contribution >= 0.6 is 0 Å². The molecule has 1 aromatic rings. The summed E-state index contributed by atoms with van der Waals surface area (Å²) in [6.45, 7) is 5.43. The Morgan fingerprint density at radius 1 is 1.28 bits per heavy atom. The van der Waals surface area contributed by atoms with Crippen molar-refractivity contribution in [1.82, 2.24) is 4.90 Å². The van der Waals surface area contributed by atoms with Gasteiger partial charge < -0.3 is 15.0 Å². The largest absolute Gasteiger partial charge is 0.444 e. The van der Waals surface area contributed by atoms with Crippen LogP contribution in [0.1, 0.15) is 38.3 Å². The standard InChI is InChI=1S/C17H19F3N2O3/c1-15(2,3)25-14(24)22-8-7-16(9-22)10-5-4-6-11(17(18,19)20)12(10)21-13(16)23/h4-6H,7-9H2,1-3H3,(H,21,23). The molecule has 1 spiro atoms. The van der Waals surface area contributed by atoms with Gasteiger partial charge in [-0.15, -0.1) is 0 Å². The first-order valence-electron chi connectivity index (χ1n) is 7.94. The van der Waals surface area contributed by atoms with Crippen LogP contribution in [0, 0.1) is 0 Å². The van der Waals surface area contributed by atoms with Crippen LogP contribution in [0.3, 0.4) is 0 Å². The average Bonchev–Trinajstić information content (AvgIpc) is 3.01. The van der Waals surface area contributed by atoms with Gasteiger partial charge in [-0.1, -0.05) is 12.1 Å². The number of carbonyl (C=O) groups is 2. The summed E-state index contributed by atoms with van der Waals surface area (Å²) < 4.78 is 44.9. The highest BCUT2D eigenvalue weighted by molar-refractivity contribution is 6.07. The third-order valence-corrected chi connectivity index (χ3v) is 4.48. The van der Waals surface area contributed by atoms with Crippen molar-refractivity contribution in [3.63, 3.8) is 0 Å². The molecule has 0 bridgehead atoms. The van der Waals surface area contributed by atoms with Gasteiger partial charge in [0.25, 0.3) is 0 Å². The molecule has 0 aromatic heterocycles. The van der Waals surface area contributed by atoms with Crippen molar-refractivity contribution in [2.24, 2.45) is 0 Å². The number of ether oxygens (including phenoxy) is 1. The summed E-state index contributed by atoms with van der Waals surface area (Å²) in [6.07, 6.45) is -4.88. The molecular weight excluding hydrogens is 337 g/mol. The zero-order chi connectivity index (χ0) is 18.6. The van der Waals surface area contributed by atoms with Gasteiger partial charge in [-0.3, -0.25) is 4.79 Å². The summed E-state index contributed by atoms with van der Waals surface area (Å²) in [5.74, 6) is -0.509. The Bertz CT molecular complexity index is 740. The Morgan fingerprint density at radius 3 is 2.56 bits per heavy atom. The normalized spacial score (nSPS) is 23.0. The zero-order valence-corrected chi connectivity index (χ0v) is 14.2. The van der Waals surface area contributed by atoms with E-state index in [0.29, 0.717) is 5.56 Å². The van der Waals surface area contributed by atoms with E-state index in [1.54, 1.807) is 20.8 Å². The predicted octanol–water partition coefficient (Wildman–Crippen LogP) is 3.54. The van der Waals surface area contributed by atoms with E-state index in [-0.39, 0.29) is 25.2 Å². The van der Waals surface area contributed by atoms with Crippen molar-refractivity contribution in [3.05, 3.63) is 29.3 Å². The van der Waals surface area contributed by atoms with Crippen LogP contribution in [-0.2, 0) is 21.1 Å². The van der Waals surface area contributed by atoms with Gasteiger partial charge in [0.05, 0.1) is 16.7 Å². The van der Waals surface area contributed by atoms with Gasteiger partial charge in [0.2, 0.25) is 5.91 Å². The lowest BCUT2D eigenvalue weighted by molar-refractivity contribution is -0.136. The molecule has 2 aliphatic rings. The molecule has 1 unspecified atom stereocenters. The molecule has 1 atom stereocenters. The van der Waals surface area contributed by atoms with Crippen LogP contribution in [0.2, 0.25) is 0 Å². The number of fused-ring (bicyclic) bond motifs is 2. The first-order valence-corrected chi connectivity index (χ1v) is 7.94. The molecule has 1 saturated heterocycles. The van der Waals surface area contributed by atoms with E-state index in [1.807, 2.05) is 0 Å². The van der Waals surface area contributed by atoms with E-state index in [0.717, 1.165) is 6.07 Å². The predicted molar refractivity (Wildman–Crippen MR) is 84.2 cm³/mol. The topological polar surface area (TPSA) is 58.6 Å². The number of rotatable bonds is 0. The van der Waals surface area contributed by atoms with E-state index in [9.17, 15) is 22.8 Å². The average molecular weight is 356 g/mol. The molecule has 0 aliphatic carbocycles. The molecule has 0 saturated carbocycles. The highest BCUT2D eigenvalue weighted by atomic mass is 19.4. The highest BCUT2D eigenvalue weighted by Gasteiger charge is 2.54. The molecule has 1 fully saturated rings. The molecule has 25 heavy (non-hydrogen) atoms. The van der Waals surface area contributed by atoms with Crippen LogP contribution in [-0.4, -0.2) is 35.6 Å². The number of amides is 2. The Morgan fingerprint density at radius 2 is 1.96 bits per heavy atom. The number of likely N-dealkylation sites (tertiary alicyclic amines) is 1. The first-order chi connectivity index (χ1) is 11.4. The lowest BCUT2D eigenvalue weighted by Crippen LogP contribution is -2.41. The summed E-state index contributed by atoms with van der Waals surface area (Å²) in [7, 11) is 0. The number of nitrogens with zero attached hydrogens (tertiary/aromatic N) is 1. The smallest absolute Gasteiger partial charge is 0.418 e. The summed E-state index contributed by atoms with van der Waals surface area (Å²) >= 11 is 0. The van der Waals surface area contributed by atoms with Crippen LogP contribution in [0.5, 0.6) is 0 Å². The van der Waals surface area contributed by atoms with E-state index >= 15 is 0 Å². The highest BCUT2D eigenvalue weighted by Crippen LogP contribution is 2.48. The van der Waals surface area contributed by atoms with Gasteiger partial charge in [0.15, 0.2) is 0 Å². The summed E-state index contributed by atoms with van der Waals surface area (Å²) in [6, 6.07) is 3.75. The molecule has 1 N–H and O–H groups in total. The second-order valence-corrected chi connectivity index (χ2v) is 7.41. The van der Waals surface area contributed by atoms with Crippen molar-refractivity contribution < 1.29 is 27.5 Å². The van der Waals surface area contributed by atoms with Crippen LogP contribution < -0.4 is 5.32 Å². The number of hydrogen-bond acceptors (Lipinski definition) is 3. The van der Waals surface area contributed by atoms with Gasteiger partial charge >= 0.3 is 12.3 Å². The summed E-state index contributed by atoms with van der Waals surface area (Å²) in [5.41, 5.74) is -2.63. The summed E-state index contributed by atoms with van der Waals surface area (Å²) in [4.78, 5) is 26.1. The Balaban J connectivity index is 1.93. The number of anilines is 1. The van der Waals surface area contributed by atoms with E-state index < -0.39 is 34.8 Å². The van der Waals surface area contributed by atoms with Crippen molar-refractivity contribution in [1.29, 1.82) is 0 Å². The van der Waals surface area contributed by atoms with E-state index in [1.165, 1.54) is 17.0 Å². The Hall–Kier alpha value is -2.25. The van der Waals surface area contributed by atoms with Crippen molar-refractivity contribution in [2.45, 2.75) is 44.4 Å². The van der Waals surface area contributed by atoms with Crippen LogP contribution in [0.15, 0.2) is 18.2 Å². The van der Waals surface area contributed by atoms with Crippen LogP contribution in [0.4, 0.5) is 23.7 Å². The van der Waals surface area contributed by atoms with E-state index in [4.69, 9.17) is 4.74 Å². The number of carbonyl (C=O) groups excluding carboxylic acids is 2. The zero-order valence-electron chi connectivity index (χ0n) is 14.2. The van der Waals surface area contributed by atoms with Crippen molar-refractivity contribution in [3.8, 4) is 0 Å². The maximum atomic E-state index is 13.2. The molecule has 5 nitrogen and oxygen atoms in total. The maximum Gasteiger partial charge on any atom is 0.418 e. The minimum Gasteiger partial charge on any atom is -0.444 e. The van der Waals surface area contributed by atoms with Crippen molar-refractivity contribution >= 4 is 17.7 Å². The quantitative estimate of drug-likeness (QED) is 0.774. The molecule has 0 radical (unpaired) electrons. The molecule has 8 heteroatoms. The minimum absolute atomic E-state index is 0.00204. The molecule has 3 rings (SSSR count). The SMILES string of the molecule is CC(C)(C)OC(=O)N1CCC2(C1)C(=O)Nc1c(C(F)(F)F)cccc12. The lowest BCUT2D eigenvalue weighted by atomic mass is 9.80. The second-order valence-electron chi connectivity index (χ2n) is 7.41. The number of benzene rings is 1. The first kappa shape index (κ1) is 17.6. The Labute approximate surface area is 143 Å². The molecule has 2 aliphatic heterocycles. The fourth-order valence-electron chi connectivity index (χ4n) is 3.37. The number of alkyl halides is 3. The Kier molecular flexibility index (Phi) is 3.78. The number of hydrogen-bond donors (Lipinski definition) is 1. The molecule has 2 heterocycles. The van der Waals surface area contributed by atoms with Crippen molar-refractivity contribution in [2.75, 3.05) is 18.4 Å². The van der Waals surface area contributed by atoms with Gasteiger partial charge in [-0.05, 0) is 38.8 Å². The van der Waals surface area contributed by atoms with Crippen LogP contribution in [0.25, 0.3) is 0 Å². The third kappa shape index (κ3) is 2.94. The molecule has 136 valence electrons. The minimum atomic E-state index is -4.56. The van der Waals surface area contributed by atoms with Gasteiger partial charge in [0, 0.05) is 13.1 Å². The van der Waals surface area contributed by atoms with Gasteiger partial charge in [-0.2, -0.15) is 13.2 Å². The van der Waals surface area contributed by atoms with Gasteiger partial charge in [-0.25, -0.2) is 4.79 Å². The molecule has 1 aromatic carbocycles. The monoisotopic (exact) mass is 356 g/mol. The third-order valence-electron chi connectivity index (χ3n) is 4.48. The fraction of sp³-hybridized carbons (Fsp3) is 0.529. The lowest BCUT2D eigenvalue weighted by Gasteiger charge is -2.26. The maximum absolute atomic E-state index is 13.2. The molecule has 2 amide bonds. The number of para-hydroxylation sites is 1.